The minimum atomic E-state index is 0.294. The molecule has 0 unspecified atom stereocenters. The van der Waals surface area contributed by atoms with Gasteiger partial charge in [-0.3, -0.25) is 4.79 Å². The van der Waals surface area contributed by atoms with Crippen LogP contribution in [0.5, 0.6) is 0 Å². The van der Waals surface area contributed by atoms with Gasteiger partial charge >= 0.3 is 0 Å². The fourth-order valence-corrected chi connectivity index (χ4v) is 3.41. The first kappa shape index (κ1) is 11.9. The summed E-state index contributed by atoms with van der Waals surface area (Å²) in [5.41, 5.74) is 2.31. The van der Waals surface area contributed by atoms with Crippen LogP contribution in [0.4, 0.5) is 0 Å². The minimum Gasteiger partial charge on any atom is -0.293 e. The van der Waals surface area contributed by atoms with Gasteiger partial charge in [-0.1, -0.05) is 17.7 Å². The maximum atomic E-state index is 12.0. The molecule has 0 radical (unpaired) electrons. The Morgan fingerprint density at radius 3 is 2.72 bits per heavy atom. The molecule has 18 heavy (non-hydrogen) atoms. The zero-order valence-electron chi connectivity index (χ0n) is 10.1. The second-order valence-corrected chi connectivity index (χ2v) is 6.28. The van der Waals surface area contributed by atoms with E-state index in [1.165, 1.54) is 5.56 Å². The Morgan fingerprint density at radius 2 is 2.06 bits per heavy atom. The summed E-state index contributed by atoms with van der Waals surface area (Å²) in [5, 5.41) is 0.752. The fraction of sp³-hybridized carbons (Fsp3) is 0.267. The van der Waals surface area contributed by atoms with E-state index < -0.39 is 0 Å². The van der Waals surface area contributed by atoms with Crippen molar-refractivity contribution in [2.45, 2.75) is 19.8 Å². The monoisotopic (exact) mass is 276 g/mol. The van der Waals surface area contributed by atoms with E-state index in [9.17, 15) is 4.79 Å². The first-order chi connectivity index (χ1) is 8.65. The molecule has 0 amide bonds. The summed E-state index contributed by atoms with van der Waals surface area (Å²) in [6.07, 6.45) is 2.12. The highest BCUT2D eigenvalue weighted by Gasteiger charge is 2.31. The van der Waals surface area contributed by atoms with Crippen molar-refractivity contribution in [3.63, 3.8) is 0 Å². The third-order valence-corrected chi connectivity index (χ3v) is 4.62. The lowest BCUT2D eigenvalue weighted by Crippen LogP contribution is -1.96. The number of Topliss-reactive ketones (excluding diaryl/α,β-unsaturated/α-hetero) is 1. The highest BCUT2D eigenvalue weighted by Crippen LogP contribution is 2.37. The number of hydrogen-bond acceptors (Lipinski definition) is 2. The quantitative estimate of drug-likeness (QED) is 0.724. The highest BCUT2D eigenvalue weighted by molar-refractivity contribution is 7.17. The molecule has 1 fully saturated rings. The summed E-state index contributed by atoms with van der Waals surface area (Å²) in [4.78, 5) is 14.0. The van der Waals surface area contributed by atoms with Crippen molar-refractivity contribution in [1.29, 1.82) is 0 Å². The molecule has 1 nitrogen and oxygen atoms in total. The Kier molecular flexibility index (Phi) is 3.00. The average molecular weight is 277 g/mol. The molecule has 0 bridgehead atoms. The Bertz CT molecular complexity index is 611. The number of carbonyl (C=O) groups excluding carboxylic acids is 1. The van der Waals surface area contributed by atoms with E-state index >= 15 is 0 Å². The predicted octanol–water partition coefficient (Wildman–Crippen LogP) is 4.97. The molecule has 1 aliphatic rings. The molecular weight excluding hydrogens is 264 g/mol. The molecule has 0 N–H and O–H groups in total. The molecular formula is C15H13ClOS. The molecule has 0 spiro atoms. The van der Waals surface area contributed by atoms with Gasteiger partial charge in [-0.05, 0) is 55.2 Å². The third-order valence-electron chi connectivity index (χ3n) is 3.25. The second-order valence-electron chi connectivity index (χ2n) is 4.76. The number of ketones is 1. The van der Waals surface area contributed by atoms with Crippen molar-refractivity contribution in [2.75, 3.05) is 0 Å². The standard InChI is InChI=1S/C15H13ClOS/c1-9-8-11(16)4-5-12(9)13-6-7-14(18-13)15(17)10-2-3-10/h4-8,10H,2-3H2,1H3. The maximum Gasteiger partial charge on any atom is 0.175 e. The summed E-state index contributed by atoms with van der Waals surface area (Å²) in [6, 6.07) is 9.87. The molecule has 1 heterocycles. The molecule has 0 aliphatic heterocycles. The maximum absolute atomic E-state index is 12.0. The number of rotatable bonds is 3. The smallest absolute Gasteiger partial charge is 0.175 e. The van der Waals surface area contributed by atoms with E-state index in [2.05, 4.69) is 0 Å². The number of hydrogen-bond donors (Lipinski definition) is 0. The van der Waals surface area contributed by atoms with Crippen molar-refractivity contribution in [3.05, 3.63) is 45.8 Å². The van der Waals surface area contributed by atoms with Crippen LogP contribution in [0.3, 0.4) is 0 Å². The lowest BCUT2D eigenvalue weighted by molar-refractivity contribution is 0.0971. The molecule has 92 valence electrons. The van der Waals surface area contributed by atoms with Crippen LogP contribution in [0.2, 0.25) is 5.02 Å². The molecule has 3 rings (SSSR count). The Morgan fingerprint density at radius 1 is 1.28 bits per heavy atom. The van der Waals surface area contributed by atoms with E-state index in [0.717, 1.165) is 33.2 Å². The third kappa shape index (κ3) is 2.23. The topological polar surface area (TPSA) is 17.1 Å². The van der Waals surface area contributed by atoms with Gasteiger partial charge < -0.3 is 0 Å². The van der Waals surface area contributed by atoms with E-state index in [1.807, 2.05) is 37.3 Å². The van der Waals surface area contributed by atoms with Crippen LogP contribution in [0.25, 0.3) is 10.4 Å². The number of thiophene rings is 1. The zero-order valence-corrected chi connectivity index (χ0v) is 11.6. The van der Waals surface area contributed by atoms with Gasteiger partial charge in [0.25, 0.3) is 0 Å². The lowest BCUT2D eigenvalue weighted by Gasteiger charge is -2.03. The van der Waals surface area contributed by atoms with Gasteiger partial charge in [-0.15, -0.1) is 11.3 Å². The first-order valence-electron chi connectivity index (χ1n) is 6.06. The SMILES string of the molecule is Cc1cc(Cl)ccc1-c1ccc(C(=O)C2CC2)s1. The normalized spacial score (nSPS) is 14.8. The van der Waals surface area contributed by atoms with Crippen molar-refractivity contribution < 1.29 is 4.79 Å². The van der Waals surface area contributed by atoms with Gasteiger partial charge in [-0.25, -0.2) is 0 Å². The lowest BCUT2D eigenvalue weighted by atomic mass is 10.1. The zero-order chi connectivity index (χ0) is 12.7. The van der Waals surface area contributed by atoms with Crippen molar-refractivity contribution in [3.8, 4) is 10.4 Å². The van der Waals surface area contributed by atoms with Crippen molar-refractivity contribution in [2.24, 2.45) is 5.92 Å². The molecule has 1 saturated carbocycles. The van der Waals surface area contributed by atoms with Crippen LogP contribution < -0.4 is 0 Å². The Hall–Kier alpha value is -1.12. The fourth-order valence-electron chi connectivity index (χ4n) is 2.07. The van der Waals surface area contributed by atoms with Crippen LogP contribution >= 0.6 is 22.9 Å². The van der Waals surface area contributed by atoms with Crippen LogP contribution in [0.1, 0.15) is 28.1 Å². The predicted molar refractivity (Wildman–Crippen MR) is 76.6 cm³/mol. The molecule has 0 atom stereocenters. The second kappa shape index (κ2) is 4.52. The van der Waals surface area contributed by atoms with Gasteiger partial charge in [0.05, 0.1) is 4.88 Å². The van der Waals surface area contributed by atoms with Gasteiger partial charge in [0.2, 0.25) is 0 Å². The summed E-state index contributed by atoms with van der Waals surface area (Å²) in [7, 11) is 0. The van der Waals surface area contributed by atoms with Crippen molar-refractivity contribution >= 4 is 28.7 Å². The van der Waals surface area contributed by atoms with Crippen LogP contribution in [0.15, 0.2) is 30.3 Å². The average Bonchev–Trinajstić information content (AvgIpc) is 3.07. The van der Waals surface area contributed by atoms with E-state index in [4.69, 9.17) is 11.6 Å². The molecule has 3 heteroatoms. The van der Waals surface area contributed by atoms with E-state index in [1.54, 1.807) is 11.3 Å². The highest BCUT2D eigenvalue weighted by atomic mass is 35.5. The largest absolute Gasteiger partial charge is 0.293 e. The summed E-state index contributed by atoms with van der Waals surface area (Å²) >= 11 is 7.55. The van der Waals surface area contributed by atoms with Crippen LogP contribution in [-0.2, 0) is 0 Å². The summed E-state index contributed by atoms with van der Waals surface area (Å²) in [5.74, 6) is 0.612. The number of halogens is 1. The van der Waals surface area contributed by atoms with Gasteiger partial charge in [-0.2, -0.15) is 0 Å². The van der Waals surface area contributed by atoms with Gasteiger partial charge in [0.1, 0.15) is 0 Å². The molecule has 2 aromatic rings. The Labute approximate surface area is 115 Å². The number of benzene rings is 1. The van der Waals surface area contributed by atoms with Crippen LogP contribution in [-0.4, -0.2) is 5.78 Å². The van der Waals surface area contributed by atoms with E-state index in [-0.39, 0.29) is 0 Å². The summed E-state index contributed by atoms with van der Waals surface area (Å²) < 4.78 is 0. The first-order valence-corrected chi connectivity index (χ1v) is 7.25. The van der Waals surface area contributed by atoms with Gasteiger partial charge in [0.15, 0.2) is 5.78 Å². The molecule has 1 aromatic heterocycles. The summed E-state index contributed by atoms with van der Waals surface area (Å²) in [6.45, 7) is 2.04. The van der Waals surface area contributed by atoms with Gasteiger partial charge in [0, 0.05) is 15.8 Å². The Balaban J connectivity index is 1.94. The van der Waals surface area contributed by atoms with Crippen LogP contribution in [0, 0.1) is 12.8 Å². The number of carbonyl (C=O) groups is 1. The van der Waals surface area contributed by atoms with Crippen molar-refractivity contribution in [1.82, 2.24) is 0 Å². The molecule has 0 saturated heterocycles. The number of aryl methyl sites for hydroxylation is 1. The van der Waals surface area contributed by atoms with E-state index in [0.29, 0.717) is 11.7 Å². The molecule has 1 aliphatic carbocycles. The minimum absolute atomic E-state index is 0.294. The molecule has 1 aromatic carbocycles.